The zero-order chi connectivity index (χ0) is 11.7. The molecule has 0 unspecified atom stereocenters. The first-order chi connectivity index (χ1) is 6.71. The van der Waals surface area contributed by atoms with Gasteiger partial charge < -0.3 is 0 Å². The molecule has 0 N–H and O–H groups in total. The van der Waals surface area contributed by atoms with Gasteiger partial charge in [0.2, 0.25) is 0 Å². The van der Waals surface area contributed by atoms with Crippen LogP contribution in [-0.4, -0.2) is 14.2 Å². The van der Waals surface area contributed by atoms with Gasteiger partial charge in [-0.2, -0.15) is 8.42 Å². The number of hydrogen-bond acceptors (Lipinski definition) is 2. The highest BCUT2D eigenvalue weighted by Gasteiger charge is 2.27. The van der Waals surface area contributed by atoms with Crippen molar-refractivity contribution in [1.82, 2.24) is 0 Å². The van der Waals surface area contributed by atoms with Crippen molar-refractivity contribution < 1.29 is 12.3 Å². The van der Waals surface area contributed by atoms with Gasteiger partial charge >= 0.3 is 10.2 Å². The number of halogens is 1. The van der Waals surface area contributed by atoms with Crippen molar-refractivity contribution in [2.24, 2.45) is 0 Å². The molecule has 1 aromatic carbocycles. The van der Waals surface area contributed by atoms with E-state index in [-0.39, 0.29) is 0 Å². The largest absolute Gasteiger partial charge is 0.303 e. The second-order valence-corrected chi connectivity index (χ2v) is 5.80. The van der Waals surface area contributed by atoms with Crippen LogP contribution in [0.1, 0.15) is 25.0 Å². The summed E-state index contributed by atoms with van der Waals surface area (Å²) in [6.45, 7) is 5.36. The summed E-state index contributed by atoms with van der Waals surface area (Å²) in [5.74, 6) is -0.483. The summed E-state index contributed by atoms with van der Waals surface area (Å²) in [4.78, 5) is 0. The molecule has 4 heteroatoms. The van der Waals surface area contributed by atoms with E-state index in [9.17, 15) is 12.3 Å². The molecule has 0 saturated carbocycles. The lowest BCUT2D eigenvalue weighted by molar-refractivity contribution is 0.515. The first kappa shape index (κ1) is 12.2. The Hall–Kier alpha value is -0.900. The Bertz CT molecular complexity index is 449. The molecule has 0 saturated heterocycles. The number of benzene rings is 1. The Morgan fingerprint density at radius 3 is 2.40 bits per heavy atom. The summed E-state index contributed by atoms with van der Waals surface area (Å²) in [7, 11) is -4.44. The van der Waals surface area contributed by atoms with E-state index in [2.05, 4.69) is 0 Å². The minimum atomic E-state index is -4.44. The first-order valence-electron chi connectivity index (χ1n) is 4.70. The monoisotopic (exact) mass is 230 g/mol. The van der Waals surface area contributed by atoms with Gasteiger partial charge in [-0.25, -0.2) is 0 Å². The third-order valence-electron chi connectivity index (χ3n) is 2.33. The fourth-order valence-corrected chi connectivity index (χ4v) is 2.61. The normalized spacial score (nSPS) is 12.8. The summed E-state index contributed by atoms with van der Waals surface area (Å²) >= 11 is 0. The molecular formula is C11H15FO2S. The van der Waals surface area contributed by atoms with Crippen LogP contribution in [0.5, 0.6) is 0 Å². The topological polar surface area (TPSA) is 34.1 Å². The predicted molar refractivity (Wildman–Crippen MR) is 59.1 cm³/mol. The molecular weight excluding hydrogens is 215 g/mol. The zero-order valence-electron chi connectivity index (χ0n) is 9.12. The second kappa shape index (κ2) is 3.93. The molecule has 0 aliphatic heterocycles. The highest BCUT2D eigenvalue weighted by Crippen LogP contribution is 2.26. The smallest absolute Gasteiger partial charge is 0.195 e. The minimum absolute atomic E-state index is 0.483. The van der Waals surface area contributed by atoms with Crippen molar-refractivity contribution in [3.05, 3.63) is 35.4 Å². The van der Waals surface area contributed by atoms with Gasteiger partial charge in [-0.05, 0) is 12.5 Å². The molecule has 0 atom stereocenters. The van der Waals surface area contributed by atoms with E-state index < -0.39 is 21.4 Å². The molecule has 0 fully saturated rings. The molecule has 0 amide bonds. The maximum absolute atomic E-state index is 12.6. The SMILES string of the molecule is Cc1cccc(C(C)(C)CS(=O)(=O)F)c1. The van der Waals surface area contributed by atoms with Crippen LogP contribution in [0.25, 0.3) is 0 Å². The maximum atomic E-state index is 12.6. The van der Waals surface area contributed by atoms with Gasteiger partial charge in [-0.3, -0.25) is 0 Å². The summed E-state index contributed by atoms with van der Waals surface area (Å²) in [5, 5.41) is 0. The highest BCUT2D eigenvalue weighted by molar-refractivity contribution is 7.86. The quantitative estimate of drug-likeness (QED) is 0.748. The summed E-state index contributed by atoms with van der Waals surface area (Å²) in [5.41, 5.74) is 1.18. The number of hydrogen-bond donors (Lipinski definition) is 0. The Morgan fingerprint density at radius 2 is 1.93 bits per heavy atom. The van der Waals surface area contributed by atoms with E-state index in [1.165, 1.54) is 0 Å². The van der Waals surface area contributed by atoms with E-state index in [1.807, 2.05) is 31.2 Å². The van der Waals surface area contributed by atoms with Crippen molar-refractivity contribution in [2.45, 2.75) is 26.2 Å². The van der Waals surface area contributed by atoms with Crippen LogP contribution in [0.15, 0.2) is 24.3 Å². The summed E-state index contributed by atoms with van der Waals surface area (Å²) < 4.78 is 33.9. The van der Waals surface area contributed by atoms with Crippen LogP contribution in [0.4, 0.5) is 3.89 Å². The van der Waals surface area contributed by atoms with Crippen LogP contribution in [0.3, 0.4) is 0 Å². The van der Waals surface area contributed by atoms with Gasteiger partial charge in [0.05, 0.1) is 5.75 Å². The van der Waals surface area contributed by atoms with Crippen LogP contribution in [-0.2, 0) is 15.6 Å². The van der Waals surface area contributed by atoms with Gasteiger partial charge in [0.1, 0.15) is 0 Å². The van der Waals surface area contributed by atoms with Crippen LogP contribution < -0.4 is 0 Å². The molecule has 84 valence electrons. The lowest BCUT2D eigenvalue weighted by Gasteiger charge is -2.23. The molecule has 2 nitrogen and oxygen atoms in total. The highest BCUT2D eigenvalue weighted by atomic mass is 32.3. The van der Waals surface area contributed by atoms with Crippen molar-refractivity contribution in [2.75, 3.05) is 5.75 Å². The molecule has 0 aliphatic carbocycles. The van der Waals surface area contributed by atoms with Crippen LogP contribution >= 0.6 is 0 Å². The van der Waals surface area contributed by atoms with E-state index in [1.54, 1.807) is 13.8 Å². The molecule has 0 radical (unpaired) electrons. The molecule has 0 bridgehead atoms. The fraction of sp³-hybridized carbons (Fsp3) is 0.455. The van der Waals surface area contributed by atoms with E-state index in [0.717, 1.165) is 11.1 Å². The Morgan fingerprint density at radius 1 is 1.33 bits per heavy atom. The third-order valence-corrected chi connectivity index (χ3v) is 3.40. The number of rotatable bonds is 3. The van der Waals surface area contributed by atoms with Crippen molar-refractivity contribution in [1.29, 1.82) is 0 Å². The summed E-state index contributed by atoms with van der Waals surface area (Å²) in [6.07, 6.45) is 0. The second-order valence-electron chi connectivity index (χ2n) is 4.44. The number of aryl methyl sites for hydroxylation is 1. The molecule has 0 spiro atoms. The van der Waals surface area contributed by atoms with Gasteiger partial charge in [-0.1, -0.05) is 43.7 Å². The predicted octanol–water partition coefficient (Wildman–Crippen LogP) is 2.57. The van der Waals surface area contributed by atoms with Crippen LogP contribution in [0.2, 0.25) is 0 Å². The van der Waals surface area contributed by atoms with E-state index in [0.29, 0.717) is 0 Å². The zero-order valence-corrected chi connectivity index (χ0v) is 9.94. The molecule has 1 aromatic rings. The van der Waals surface area contributed by atoms with Crippen LogP contribution in [0, 0.1) is 6.92 Å². The summed E-state index contributed by atoms with van der Waals surface area (Å²) in [6, 6.07) is 7.46. The van der Waals surface area contributed by atoms with Crippen molar-refractivity contribution in [3.63, 3.8) is 0 Å². The maximum Gasteiger partial charge on any atom is 0.303 e. The van der Waals surface area contributed by atoms with E-state index in [4.69, 9.17) is 0 Å². The third kappa shape index (κ3) is 3.63. The Labute approximate surface area is 90.3 Å². The van der Waals surface area contributed by atoms with Crippen molar-refractivity contribution in [3.8, 4) is 0 Å². The Kier molecular flexibility index (Phi) is 3.19. The standard InChI is InChI=1S/C11H15FO2S/c1-9-5-4-6-10(7-9)11(2,3)8-15(12,13)14/h4-7H,8H2,1-3H3. The minimum Gasteiger partial charge on any atom is -0.195 e. The molecule has 1 rings (SSSR count). The molecule has 0 aromatic heterocycles. The average molecular weight is 230 g/mol. The van der Waals surface area contributed by atoms with Gasteiger partial charge in [-0.15, -0.1) is 3.89 Å². The lowest BCUT2D eigenvalue weighted by atomic mass is 9.86. The van der Waals surface area contributed by atoms with Gasteiger partial charge in [0.15, 0.2) is 0 Å². The molecule has 15 heavy (non-hydrogen) atoms. The van der Waals surface area contributed by atoms with Crippen molar-refractivity contribution >= 4 is 10.2 Å². The van der Waals surface area contributed by atoms with Gasteiger partial charge in [0, 0.05) is 5.41 Å². The van der Waals surface area contributed by atoms with E-state index >= 15 is 0 Å². The average Bonchev–Trinajstić information content (AvgIpc) is 1.99. The lowest BCUT2D eigenvalue weighted by Crippen LogP contribution is -2.26. The molecule has 0 aliphatic rings. The van der Waals surface area contributed by atoms with Gasteiger partial charge in [0.25, 0.3) is 0 Å². The first-order valence-corrected chi connectivity index (χ1v) is 6.25. The Balaban J connectivity index is 3.06. The molecule has 0 heterocycles. The fourth-order valence-electron chi connectivity index (χ4n) is 1.58.